The van der Waals surface area contributed by atoms with Gasteiger partial charge in [0.2, 0.25) is 0 Å². The zero-order valence-corrected chi connectivity index (χ0v) is 21.8. The van der Waals surface area contributed by atoms with E-state index in [4.69, 9.17) is 26.1 Å². The van der Waals surface area contributed by atoms with Crippen LogP contribution in [0.4, 0.5) is 0 Å². The summed E-state index contributed by atoms with van der Waals surface area (Å²) in [5, 5.41) is 3.79. The van der Waals surface area contributed by atoms with Crippen molar-refractivity contribution < 1.29 is 14.3 Å². The first-order chi connectivity index (χ1) is 17.5. The number of amides is 1. The molecular formula is C29H32ClN3O3. The summed E-state index contributed by atoms with van der Waals surface area (Å²) in [5.74, 6) is 2.36. The minimum atomic E-state index is -0.124. The van der Waals surface area contributed by atoms with E-state index in [-0.39, 0.29) is 5.91 Å². The lowest BCUT2D eigenvalue weighted by Gasteiger charge is -2.12. The minimum Gasteiger partial charge on any atom is -0.497 e. The molecule has 1 aromatic heterocycles. The average molecular weight is 506 g/mol. The highest BCUT2D eigenvalue weighted by atomic mass is 35.5. The van der Waals surface area contributed by atoms with E-state index in [1.54, 1.807) is 19.2 Å². The molecule has 36 heavy (non-hydrogen) atoms. The second-order valence-electron chi connectivity index (χ2n) is 8.83. The van der Waals surface area contributed by atoms with Crippen molar-refractivity contribution in [3.63, 3.8) is 0 Å². The van der Waals surface area contributed by atoms with Gasteiger partial charge in [-0.15, -0.1) is 0 Å². The SMILES string of the molecule is COc1cccc(C(=O)NCCc2nc3ccccc3n2CCCCOc2cc(C)c(Cl)c(C)c2)c1. The summed E-state index contributed by atoms with van der Waals surface area (Å²) in [6.45, 7) is 5.96. The van der Waals surface area contributed by atoms with Crippen LogP contribution in [0.15, 0.2) is 60.7 Å². The van der Waals surface area contributed by atoms with Gasteiger partial charge in [-0.1, -0.05) is 29.8 Å². The van der Waals surface area contributed by atoms with Gasteiger partial charge in [0, 0.05) is 30.1 Å². The van der Waals surface area contributed by atoms with Gasteiger partial charge >= 0.3 is 0 Å². The van der Waals surface area contributed by atoms with Crippen molar-refractivity contribution >= 4 is 28.5 Å². The number of carbonyl (C=O) groups excluding carboxylic acids is 1. The molecule has 4 rings (SSSR count). The molecular weight excluding hydrogens is 474 g/mol. The zero-order chi connectivity index (χ0) is 25.5. The van der Waals surface area contributed by atoms with Gasteiger partial charge in [0.05, 0.1) is 24.8 Å². The van der Waals surface area contributed by atoms with Gasteiger partial charge in [0.25, 0.3) is 5.91 Å². The Morgan fingerprint density at radius 3 is 2.56 bits per heavy atom. The maximum Gasteiger partial charge on any atom is 0.251 e. The van der Waals surface area contributed by atoms with Gasteiger partial charge < -0.3 is 19.4 Å². The van der Waals surface area contributed by atoms with E-state index in [1.165, 1.54) is 0 Å². The molecule has 0 radical (unpaired) electrons. The van der Waals surface area contributed by atoms with E-state index in [1.807, 2.05) is 56.3 Å². The van der Waals surface area contributed by atoms with E-state index >= 15 is 0 Å². The molecule has 3 aromatic carbocycles. The van der Waals surface area contributed by atoms with Crippen LogP contribution in [0.2, 0.25) is 5.02 Å². The van der Waals surface area contributed by atoms with Crippen LogP contribution in [0.5, 0.6) is 11.5 Å². The number of rotatable bonds is 11. The molecule has 0 unspecified atom stereocenters. The van der Waals surface area contributed by atoms with Crippen molar-refractivity contribution in [3.8, 4) is 11.5 Å². The monoisotopic (exact) mass is 505 g/mol. The predicted octanol–water partition coefficient (Wildman–Crippen LogP) is 6.15. The Morgan fingerprint density at radius 1 is 1.00 bits per heavy atom. The summed E-state index contributed by atoms with van der Waals surface area (Å²) in [4.78, 5) is 17.4. The molecule has 0 spiro atoms. The average Bonchev–Trinajstić information content (AvgIpc) is 3.24. The molecule has 1 heterocycles. The number of aromatic nitrogens is 2. The fourth-order valence-corrected chi connectivity index (χ4v) is 4.38. The zero-order valence-electron chi connectivity index (χ0n) is 21.0. The first-order valence-corrected chi connectivity index (χ1v) is 12.6. The van der Waals surface area contributed by atoms with Crippen LogP contribution in [0.1, 0.15) is 40.2 Å². The highest BCUT2D eigenvalue weighted by Crippen LogP contribution is 2.26. The summed E-state index contributed by atoms with van der Waals surface area (Å²) in [5.41, 5.74) is 4.71. The third-order valence-electron chi connectivity index (χ3n) is 6.15. The quantitative estimate of drug-likeness (QED) is 0.248. The Labute approximate surface area is 217 Å². The number of carbonyl (C=O) groups is 1. The van der Waals surface area contributed by atoms with E-state index < -0.39 is 0 Å². The van der Waals surface area contributed by atoms with Crippen molar-refractivity contribution in [2.45, 2.75) is 39.7 Å². The number of ether oxygens (including phenoxy) is 2. The Morgan fingerprint density at radius 2 is 1.78 bits per heavy atom. The number of imidazole rings is 1. The maximum atomic E-state index is 12.6. The molecule has 0 aliphatic rings. The number of halogens is 1. The number of nitrogens with zero attached hydrogens (tertiary/aromatic N) is 2. The van der Waals surface area contributed by atoms with Crippen LogP contribution in [0.3, 0.4) is 0 Å². The Kier molecular flexibility index (Phi) is 8.49. The molecule has 0 aliphatic carbocycles. The number of hydrogen-bond donors (Lipinski definition) is 1. The molecule has 1 amide bonds. The van der Waals surface area contributed by atoms with E-state index in [0.29, 0.717) is 30.9 Å². The second-order valence-corrected chi connectivity index (χ2v) is 9.21. The number of nitrogens with one attached hydrogen (secondary N) is 1. The first kappa shape index (κ1) is 25.6. The maximum absolute atomic E-state index is 12.6. The highest BCUT2D eigenvalue weighted by Gasteiger charge is 2.12. The van der Waals surface area contributed by atoms with E-state index in [0.717, 1.165) is 58.1 Å². The fourth-order valence-electron chi connectivity index (χ4n) is 4.27. The molecule has 0 saturated carbocycles. The lowest BCUT2D eigenvalue weighted by atomic mass is 10.1. The van der Waals surface area contributed by atoms with Crippen molar-refractivity contribution in [2.75, 3.05) is 20.3 Å². The minimum absolute atomic E-state index is 0.124. The smallest absolute Gasteiger partial charge is 0.251 e. The predicted molar refractivity (Wildman–Crippen MR) is 144 cm³/mol. The summed E-state index contributed by atoms with van der Waals surface area (Å²) < 4.78 is 13.4. The van der Waals surface area contributed by atoms with Gasteiger partial charge in [-0.2, -0.15) is 0 Å². The van der Waals surface area contributed by atoms with Crippen molar-refractivity contribution in [2.24, 2.45) is 0 Å². The summed E-state index contributed by atoms with van der Waals surface area (Å²) in [6.07, 6.45) is 2.51. The Bertz CT molecular complexity index is 1330. The molecule has 0 aliphatic heterocycles. The van der Waals surface area contributed by atoms with E-state index in [9.17, 15) is 4.79 Å². The normalized spacial score (nSPS) is 11.0. The van der Waals surface area contributed by atoms with Crippen molar-refractivity contribution in [3.05, 3.63) is 88.2 Å². The van der Waals surface area contributed by atoms with Crippen molar-refractivity contribution in [1.29, 1.82) is 0 Å². The summed E-state index contributed by atoms with van der Waals surface area (Å²) in [7, 11) is 1.59. The molecule has 0 saturated heterocycles. The number of unbranched alkanes of at least 4 members (excludes halogenated alkanes) is 1. The Hall–Kier alpha value is -3.51. The number of benzene rings is 3. The third-order valence-corrected chi connectivity index (χ3v) is 6.75. The van der Waals surface area contributed by atoms with Crippen LogP contribution in [0, 0.1) is 13.8 Å². The van der Waals surface area contributed by atoms with Crippen LogP contribution in [-0.2, 0) is 13.0 Å². The number of aryl methyl sites for hydroxylation is 3. The second kappa shape index (κ2) is 12.0. The van der Waals surface area contributed by atoms with Gasteiger partial charge in [-0.25, -0.2) is 4.98 Å². The standard InChI is InChI=1S/C29H32ClN3O3/c1-20-17-24(18-21(2)28(20)30)36-16-7-6-15-33-26-12-5-4-11-25(26)32-27(33)13-14-31-29(34)22-9-8-10-23(19-22)35-3/h4-5,8-12,17-19H,6-7,13-16H2,1-3H3,(H,31,34). The topological polar surface area (TPSA) is 65.4 Å². The summed E-state index contributed by atoms with van der Waals surface area (Å²) >= 11 is 6.26. The lowest BCUT2D eigenvalue weighted by molar-refractivity contribution is 0.0953. The molecule has 4 aromatic rings. The summed E-state index contributed by atoms with van der Waals surface area (Å²) in [6, 6.07) is 19.3. The van der Waals surface area contributed by atoms with Gasteiger partial charge in [0.15, 0.2) is 0 Å². The number of hydrogen-bond acceptors (Lipinski definition) is 4. The lowest BCUT2D eigenvalue weighted by Crippen LogP contribution is -2.26. The van der Waals surface area contributed by atoms with Crippen LogP contribution in [0.25, 0.3) is 11.0 Å². The van der Waals surface area contributed by atoms with Crippen LogP contribution < -0.4 is 14.8 Å². The molecule has 188 valence electrons. The van der Waals surface area contributed by atoms with E-state index in [2.05, 4.69) is 16.0 Å². The highest BCUT2D eigenvalue weighted by molar-refractivity contribution is 6.32. The first-order valence-electron chi connectivity index (χ1n) is 12.2. The number of fused-ring (bicyclic) bond motifs is 1. The van der Waals surface area contributed by atoms with Crippen LogP contribution >= 0.6 is 11.6 Å². The van der Waals surface area contributed by atoms with Crippen LogP contribution in [-0.4, -0.2) is 35.7 Å². The molecule has 1 N–H and O–H groups in total. The Balaban J connectivity index is 1.33. The van der Waals surface area contributed by atoms with Gasteiger partial charge in [-0.3, -0.25) is 4.79 Å². The molecule has 0 atom stereocenters. The number of methoxy groups -OCH3 is 1. The van der Waals surface area contributed by atoms with Gasteiger partial charge in [0.1, 0.15) is 17.3 Å². The fraction of sp³-hybridized carbons (Fsp3) is 0.310. The number of para-hydroxylation sites is 2. The molecule has 6 nitrogen and oxygen atoms in total. The van der Waals surface area contributed by atoms with Gasteiger partial charge in [-0.05, 0) is 80.3 Å². The molecule has 0 bridgehead atoms. The molecule has 7 heteroatoms. The third kappa shape index (κ3) is 6.18. The van der Waals surface area contributed by atoms with Crippen molar-refractivity contribution in [1.82, 2.24) is 14.9 Å². The largest absolute Gasteiger partial charge is 0.497 e. The molecule has 0 fully saturated rings.